The Hall–Kier alpha value is -1.89. The molecule has 0 radical (unpaired) electrons. The molecule has 0 aromatic carbocycles. The maximum Gasteiger partial charge on any atom is 0.276 e. The van der Waals surface area contributed by atoms with Crippen molar-refractivity contribution in [1.82, 2.24) is 15.0 Å². The van der Waals surface area contributed by atoms with Crippen molar-refractivity contribution in [3.05, 3.63) is 18.0 Å². The van der Waals surface area contributed by atoms with E-state index < -0.39 is 0 Å². The fourth-order valence-corrected chi connectivity index (χ4v) is 2.82. The summed E-state index contributed by atoms with van der Waals surface area (Å²) in [6.45, 7) is 1.94. The van der Waals surface area contributed by atoms with Gasteiger partial charge in [-0.25, -0.2) is 0 Å². The molecule has 0 saturated carbocycles. The summed E-state index contributed by atoms with van der Waals surface area (Å²) in [6, 6.07) is 1.56. The highest BCUT2D eigenvalue weighted by Crippen LogP contribution is 2.24. The second kappa shape index (κ2) is 5.24. The van der Waals surface area contributed by atoms with Gasteiger partial charge >= 0.3 is 0 Å². The lowest BCUT2D eigenvalue weighted by Crippen LogP contribution is -2.48. The van der Waals surface area contributed by atoms with Gasteiger partial charge in [0, 0.05) is 38.7 Å². The number of hydrogen-bond acceptors (Lipinski definition) is 5. The van der Waals surface area contributed by atoms with Gasteiger partial charge in [-0.05, 0) is 6.42 Å². The van der Waals surface area contributed by atoms with Gasteiger partial charge in [0.15, 0.2) is 5.69 Å². The zero-order valence-electron chi connectivity index (χ0n) is 11.3. The Labute approximate surface area is 116 Å². The number of carbonyl (C=O) groups is 2. The average molecular weight is 279 g/mol. The fraction of sp³-hybridized carbons (Fsp3) is 0.615. The maximum absolute atomic E-state index is 12.2. The third kappa shape index (κ3) is 2.40. The second-order valence-corrected chi connectivity index (χ2v) is 5.31. The van der Waals surface area contributed by atoms with E-state index in [0.29, 0.717) is 25.3 Å². The fourth-order valence-electron chi connectivity index (χ4n) is 2.82. The lowest BCUT2D eigenvalue weighted by molar-refractivity contribution is -0.133. The van der Waals surface area contributed by atoms with Crippen LogP contribution >= 0.6 is 0 Å². The molecule has 2 saturated heterocycles. The number of likely N-dealkylation sites (N-methyl/N-ethyl adjacent to an activating group) is 1. The largest absolute Gasteiger partial charge is 0.368 e. The molecule has 2 atom stereocenters. The minimum absolute atomic E-state index is 0.00576. The summed E-state index contributed by atoms with van der Waals surface area (Å²) in [5.41, 5.74) is 0.322. The molecule has 7 nitrogen and oxygen atoms in total. The molecule has 0 unspecified atom stereocenters. The number of likely N-dealkylation sites (tertiary alicyclic amines) is 1. The number of nitrogens with zero attached hydrogens (tertiary/aromatic N) is 3. The minimum atomic E-state index is -0.129. The van der Waals surface area contributed by atoms with Crippen LogP contribution in [0.3, 0.4) is 0 Å². The number of piperidine rings is 1. The molecule has 1 aromatic rings. The van der Waals surface area contributed by atoms with E-state index in [9.17, 15) is 9.59 Å². The van der Waals surface area contributed by atoms with Gasteiger partial charge in [-0.15, -0.1) is 0 Å². The number of rotatable bonds is 1. The van der Waals surface area contributed by atoms with Gasteiger partial charge in [-0.3, -0.25) is 9.59 Å². The van der Waals surface area contributed by atoms with Crippen LogP contribution in [0.5, 0.6) is 0 Å². The molecule has 2 aliphatic rings. The van der Waals surface area contributed by atoms with Crippen LogP contribution < -0.4 is 0 Å². The standard InChI is InChI=1S/C13H17N3O4/c1-15-6-9-7-16(13(18)10-3-5-20-14-10)4-2-11(9)19-8-12(15)17/h3,5,9,11H,2,4,6-8H2,1H3/t9-,11-/m0/s1. The summed E-state index contributed by atoms with van der Waals surface area (Å²) in [5, 5.41) is 3.68. The van der Waals surface area contributed by atoms with E-state index in [1.165, 1.54) is 6.26 Å². The number of carbonyl (C=O) groups excluding carboxylic acids is 2. The Balaban J connectivity index is 1.70. The van der Waals surface area contributed by atoms with Crippen LogP contribution in [-0.4, -0.2) is 66.2 Å². The van der Waals surface area contributed by atoms with Crippen molar-refractivity contribution in [2.75, 3.05) is 33.3 Å². The highest BCUT2D eigenvalue weighted by atomic mass is 16.5. The first-order valence-electron chi connectivity index (χ1n) is 6.70. The zero-order chi connectivity index (χ0) is 14.1. The Morgan fingerprint density at radius 2 is 2.30 bits per heavy atom. The highest BCUT2D eigenvalue weighted by molar-refractivity contribution is 5.92. The van der Waals surface area contributed by atoms with Crippen molar-refractivity contribution in [3.63, 3.8) is 0 Å². The predicted molar refractivity (Wildman–Crippen MR) is 67.9 cm³/mol. The van der Waals surface area contributed by atoms with Crippen molar-refractivity contribution in [1.29, 1.82) is 0 Å². The third-order valence-electron chi connectivity index (χ3n) is 3.96. The molecule has 2 amide bonds. The first-order chi connectivity index (χ1) is 9.65. The maximum atomic E-state index is 12.2. The van der Waals surface area contributed by atoms with Crippen LogP contribution in [0.1, 0.15) is 16.9 Å². The lowest BCUT2D eigenvalue weighted by atomic mass is 9.94. The third-order valence-corrected chi connectivity index (χ3v) is 3.96. The van der Waals surface area contributed by atoms with Crippen molar-refractivity contribution in [2.24, 2.45) is 5.92 Å². The van der Waals surface area contributed by atoms with Crippen molar-refractivity contribution < 1.29 is 18.8 Å². The van der Waals surface area contributed by atoms with Crippen LogP contribution in [0.15, 0.2) is 16.9 Å². The molecular weight excluding hydrogens is 262 g/mol. The van der Waals surface area contributed by atoms with E-state index in [1.807, 2.05) is 0 Å². The summed E-state index contributed by atoms with van der Waals surface area (Å²) in [5.74, 6) is 0.0141. The molecule has 0 N–H and O–H groups in total. The van der Waals surface area contributed by atoms with Gasteiger partial charge in [0.25, 0.3) is 5.91 Å². The van der Waals surface area contributed by atoms with Crippen molar-refractivity contribution in [3.8, 4) is 0 Å². The van der Waals surface area contributed by atoms with Crippen molar-refractivity contribution >= 4 is 11.8 Å². The molecule has 108 valence electrons. The molecule has 0 spiro atoms. The molecule has 7 heteroatoms. The van der Waals surface area contributed by atoms with E-state index in [2.05, 4.69) is 5.16 Å². The molecule has 0 bridgehead atoms. The average Bonchev–Trinajstić information content (AvgIpc) is 2.94. The van der Waals surface area contributed by atoms with E-state index in [4.69, 9.17) is 9.26 Å². The number of fused-ring (bicyclic) bond motifs is 1. The molecule has 2 fully saturated rings. The number of amides is 2. The minimum Gasteiger partial charge on any atom is -0.368 e. The highest BCUT2D eigenvalue weighted by Gasteiger charge is 2.36. The van der Waals surface area contributed by atoms with Crippen molar-refractivity contribution in [2.45, 2.75) is 12.5 Å². The topological polar surface area (TPSA) is 75.9 Å². The van der Waals surface area contributed by atoms with Crippen LogP contribution in [0, 0.1) is 5.92 Å². The van der Waals surface area contributed by atoms with Gasteiger partial charge in [0.1, 0.15) is 12.9 Å². The van der Waals surface area contributed by atoms with Gasteiger partial charge in [0.05, 0.1) is 6.10 Å². The van der Waals surface area contributed by atoms with Crippen LogP contribution in [-0.2, 0) is 9.53 Å². The summed E-state index contributed by atoms with van der Waals surface area (Å²) in [7, 11) is 1.77. The first-order valence-corrected chi connectivity index (χ1v) is 6.70. The van der Waals surface area contributed by atoms with Crippen LogP contribution in [0.25, 0.3) is 0 Å². The molecule has 20 heavy (non-hydrogen) atoms. The lowest BCUT2D eigenvalue weighted by Gasteiger charge is -2.37. The first kappa shape index (κ1) is 13.1. The quantitative estimate of drug-likeness (QED) is 0.723. The summed E-state index contributed by atoms with van der Waals surface area (Å²) in [6.07, 6.45) is 2.18. The monoisotopic (exact) mass is 279 g/mol. The van der Waals surface area contributed by atoms with E-state index in [-0.39, 0.29) is 30.4 Å². The Kier molecular flexibility index (Phi) is 3.43. The Morgan fingerprint density at radius 3 is 3.05 bits per heavy atom. The number of hydrogen-bond donors (Lipinski definition) is 0. The Bertz CT molecular complexity index is 502. The van der Waals surface area contributed by atoms with Gasteiger partial charge in [0.2, 0.25) is 5.91 Å². The van der Waals surface area contributed by atoms with E-state index in [0.717, 1.165) is 6.42 Å². The van der Waals surface area contributed by atoms with E-state index >= 15 is 0 Å². The van der Waals surface area contributed by atoms with Crippen LogP contribution in [0.4, 0.5) is 0 Å². The number of aromatic nitrogens is 1. The van der Waals surface area contributed by atoms with Crippen LogP contribution in [0.2, 0.25) is 0 Å². The summed E-state index contributed by atoms with van der Waals surface area (Å²) in [4.78, 5) is 27.3. The molecule has 3 rings (SSSR count). The Morgan fingerprint density at radius 1 is 1.45 bits per heavy atom. The number of ether oxygens (including phenoxy) is 1. The zero-order valence-corrected chi connectivity index (χ0v) is 11.3. The van der Waals surface area contributed by atoms with Gasteiger partial charge in [-0.2, -0.15) is 0 Å². The predicted octanol–water partition coefficient (Wildman–Crippen LogP) is -0.00610. The van der Waals surface area contributed by atoms with Gasteiger partial charge in [-0.1, -0.05) is 5.16 Å². The normalized spacial score (nSPS) is 27.1. The van der Waals surface area contributed by atoms with Gasteiger partial charge < -0.3 is 19.1 Å². The molecule has 0 aliphatic carbocycles. The second-order valence-electron chi connectivity index (χ2n) is 5.31. The summed E-state index contributed by atoms with van der Waals surface area (Å²) < 4.78 is 10.4. The molecule has 3 heterocycles. The molecular formula is C13H17N3O4. The molecule has 1 aromatic heterocycles. The van der Waals surface area contributed by atoms with E-state index in [1.54, 1.807) is 22.9 Å². The SMILES string of the molecule is CN1C[C@H]2CN(C(=O)c3ccon3)CC[C@@H]2OCC1=O. The smallest absolute Gasteiger partial charge is 0.276 e. The summed E-state index contributed by atoms with van der Waals surface area (Å²) >= 11 is 0. The molecule has 2 aliphatic heterocycles.